The third-order valence-corrected chi connectivity index (χ3v) is 3.86. The summed E-state index contributed by atoms with van der Waals surface area (Å²) in [4.78, 5) is 10.7. The highest BCUT2D eigenvalue weighted by atomic mass is 32.2. The molecule has 2 amide bonds. The van der Waals surface area contributed by atoms with Crippen molar-refractivity contribution in [1.82, 2.24) is 5.32 Å². The molecule has 0 saturated carbocycles. The van der Waals surface area contributed by atoms with Crippen LogP contribution >= 0.6 is 0 Å². The van der Waals surface area contributed by atoms with E-state index in [9.17, 15) is 13.2 Å². The van der Waals surface area contributed by atoms with Gasteiger partial charge in [0.25, 0.3) is 0 Å². The number of carbonyl (C=O) groups excluding carboxylic acids is 1. The molecule has 0 aliphatic carbocycles. The maximum absolute atomic E-state index is 11.8. The van der Waals surface area contributed by atoms with E-state index in [1.54, 1.807) is 18.2 Å². The fourth-order valence-electron chi connectivity index (χ4n) is 1.09. The van der Waals surface area contributed by atoms with Crippen LogP contribution in [0.5, 0.6) is 0 Å². The van der Waals surface area contributed by atoms with Gasteiger partial charge in [-0.05, 0) is 19.1 Å². The topological polar surface area (TPSA) is 89.3 Å². The number of rotatable bonds is 3. The molecule has 0 saturated heterocycles. The monoisotopic (exact) mass is 228 g/mol. The summed E-state index contributed by atoms with van der Waals surface area (Å²) in [6.07, 6.45) is 0. The molecule has 1 aromatic carbocycles. The van der Waals surface area contributed by atoms with Crippen molar-refractivity contribution in [3.63, 3.8) is 0 Å². The fourth-order valence-corrected chi connectivity index (χ4v) is 2.31. The molecule has 0 aliphatic heterocycles. The molecular formula is C9H12N2O3S. The summed E-state index contributed by atoms with van der Waals surface area (Å²) in [5.41, 5.74) is 4.85. The van der Waals surface area contributed by atoms with Crippen LogP contribution in [-0.4, -0.2) is 19.8 Å². The summed E-state index contributed by atoms with van der Waals surface area (Å²) in [5.74, 6) is 0. The maximum atomic E-state index is 11.8. The lowest BCUT2D eigenvalue weighted by molar-refractivity contribution is 0.248. The van der Waals surface area contributed by atoms with Crippen molar-refractivity contribution >= 4 is 15.9 Å². The average molecular weight is 228 g/mol. The number of amides is 2. The van der Waals surface area contributed by atoms with Crippen molar-refractivity contribution < 1.29 is 13.2 Å². The van der Waals surface area contributed by atoms with Crippen molar-refractivity contribution in [2.45, 2.75) is 17.2 Å². The van der Waals surface area contributed by atoms with Crippen molar-refractivity contribution in [1.29, 1.82) is 0 Å². The first-order chi connectivity index (χ1) is 6.94. The Morgan fingerprint density at radius 2 is 1.87 bits per heavy atom. The third-order valence-electron chi connectivity index (χ3n) is 1.88. The van der Waals surface area contributed by atoms with E-state index in [-0.39, 0.29) is 4.90 Å². The molecule has 0 aromatic heterocycles. The van der Waals surface area contributed by atoms with Gasteiger partial charge in [0.2, 0.25) is 0 Å². The summed E-state index contributed by atoms with van der Waals surface area (Å²) in [6, 6.07) is 7.02. The number of hydrogen-bond donors (Lipinski definition) is 2. The molecule has 5 nitrogen and oxygen atoms in total. The van der Waals surface area contributed by atoms with Gasteiger partial charge in [-0.3, -0.25) is 0 Å². The van der Waals surface area contributed by atoms with Crippen LogP contribution in [0, 0.1) is 0 Å². The van der Waals surface area contributed by atoms with Crippen LogP contribution in [0.25, 0.3) is 0 Å². The predicted octanol–water partition coefficient (Wildman–Crippen LogP) is 0.475. The Morgan fingerprint density at radius 1 is 1.33 bits per heavy atom. The lowest BCUT2D eigenvalue weighted by Gasteiger charge is -2.12. The van der Waals surface area contributed by atoms with E-state index in [4.69, 9.17) is 5.73 Å². The average Bonchev–Trinajstić information content (AvgIpc) is 2.18. The number of benzene rings is 1. The Hall–Kier alpha value is -1.56. The molecular weight excluding hydrogens is 216 g/mol. The molecule has 0 heterocycles. The van der Waals surface area contributed by atoms with Crippen LogP contribution in [0.1, 0.15) is 6.92 Å². The lowest BCUT2D eigenvalue weighted by Crippen LogP contribution is -2.41. The van der Waals surface area contributed by atoms with E-state index >= 15 is 0 Å². The van der Waals surface area contributed by atoms with Crippen LogP contribution in [0.4, 0.5) is 4.79 Å². The molecule has 6 heteroatoms. The second-order valence-electron chi connectivity index (χ2n) is 3.01. The summed E-state index contributed by atoms with van der Waals surface area (Å²) >= 11 is 0. The largest absolute Gasteiger partial charge is 0.352 e. The van der Waals surface area contributed by atoms with Crippen molar-refractivity contribution in [2.75, 3.05) is 0 Å². The minimum atomic E-state index is -3.55. The van der Waals surface area contributed by atoms with E-state index in [1.807, 2.05) is 0 Å². The summed E-state index contributed by atoms with van der Waals surface area (Å²) < 4.78 is 23.6. The van der Waals surface area contributed by atoms with Crippen molar-refractivity contribution in [3.8, 4) is 0 Å². The Morgan fingerprint density at radius 3 is 2.33 bits per heavy atom. The van der Waals surface area contributed by atoms with Gasteiger partial charge in [0.15, 0.2) is 9.84 Å². The van der Waals surface area contributed by atoms with E-state index in [0.717, 1.165) is 0 Å². The zero-order valence-electron chi connectivity index (χ0n) is 8.17. The SMILES string of the molecule is CC(NC(N)=O)S(=O)(=O)c1ccccc1. The van der Waals surface area contributed by atoms with E-state index in [1.165, 1.54) is 19.1 Å². The van der Waals surface area contributed by atoms with Crippen LogP contribution in [0.15, 0.2) is 35.2 Å². The Balaban J connectivity index is 2.99. The molecule has 3 N–H and O–H groups in total. The molecule has 1 atom stereocenters. The van der Waals surface area contributed by atoms with Crippen molar-refractivity contribution in [3.05, 3.63) is 30.3 Å². The predicted molar refractivity (Wildman–Crippen MR) is 55.8 cm³/mol. The first-order valence-corrected chi connectivity index (χ1v) is 5.84. The third kappa shape index (κ3) is 2.69. The minimum Gasteiger partial charge on any atom is -0.352 e. The minimum absolute atomic E-state index is 0.159. The van der Waals surface area contributed by atoms with E-state index < -0.39 is 21.2 Å². The molecule has 0 spiro atoms. The number of urea groups is 1. The van der Waals surface area contributed by atoms with Gasteiger partial charge in [0.05, 0.1) is 4.90 Å². The Bertz CT molecular complexity index is 442. The van der Waals surface area contributed by atoms with Gasteiger partial charge in [-0.2, -0.15) is 0 Å². The highest BCUT2D eigenvalue weighted by Crippen LogP contribution is 2.13. The van der Waals surface area contributed by atoms with Gasteiger partial charge in [0.1, 0.15) is 5.37 Å². The summed E-state index contributed by atoms with van der Waals surface area (Å²) in [6.45, 7) is 1.37. The van der Waals surface area contributed by atoms with E-state index in [2.05, 4.69) is 5.32 Å². The van der Waals surface area contributed by atoms with Gasteiger partial charge in [0, 0.05) is 0 Å². The van der Waals surface area contributed by atoms with Crippen LogP contribution < -0.4 is 11.1 Å². The molecule has 15 heavy (non-hydrogen) atoms. The second-order valence-corrected chi connectivity index (χ2v) is 5.28. The number of hydrogen-bond acceptors (Lipinski definition) is 3. The molecule has 0 fully saturated rings. The lowest BCUT2D eigenvalue weighted by atomic mass is 10.4. The molecule has 1 rings (SSSR count). The van der Waals surface area contributed by atoms with Gasteiger partial charge >= 0.3 is 6.03 Å². The first-order valence-electron chi connectivity index (χ1n) is 4.29. The number of nitrogens with one attached hydrogen (secondary N) is 1. The Labute approximate surface area is 88.2 Å². The normalized spacial score (nSPS) is 13.1. The summed E-state index contributed by atoms with van der Waals surface area (Å²) in [7, 11) is -3.55. The van der Waals surface area contributed by atoms with Crippen LogP contribution in [0.3, 0.4) is 0 Å². The summed E-state index contributed by atoms with van der Waals surface area (Å²) in [5, 5.41) is 1.10. The fraction of sp³-hybridized carbons (Fsp3) is 0.222. The van der Waals surface area contributed by atoms with Crippen LogP contribution in [0.2, 0.25) is 0 Å². The van der Waals surface area contributed by atoms with E-state index in [0.29, 0.717) is 0 Å². The number of nitrogens with two attached hydrogens (primary N) is 1. The molecule has 1 aromatic rings. The number of sulfone groups is 1. The molecule has 0 bridgehead atoms. The highest BCUT2D eigenvalue weighted by Gasteiger charge is 2.23. The van der Waals surface area contributed by atoms with Gasteiger partial charge in [-0.25, -0.2) is 13.2 Å². The first kappa shape index (κ1) is 11.5. The highest BCUT2D eigenvalue weighted by molar-refractivity contribution is 7.92. The second kappa shape index (κ2) is 4.31. The standard InChI is InChI=1S/C9H12N2O3S/c1-7(11-9(10)12)15(13,14)8-5-3-2-4-6-8/h2-7H,1H3,(H3,10,11,12). The quantitative estimate of drug-likeness (QED) is 0.788. The molecule has 1 unspecified atom stereocenters. The zero-order valence-corrected chi connectivity index (χ0v) is 8.99. The van der Waals surface area contributed by atoms with Crippen LogP contribution in [-0.2, 0) is 9.84 Å². The smallest absolute Gasteiger partial charge is 0.313 e. The zero-order chi connectivity index (χ0) is 11.5. The van der Waals surface area contributed by atoms with Gasteiger partial charge in [-0.1, -0.05) is 18.2 Å². The Kier molecular flexibility index (Phi) is 3.31. The maximum Gasteiger partial charge on any atom is 0.313 e. The van der Waals surface area contributed by atoms with Gasteiger partial charge < -0.3 is 11.1 Å². The number of carbonyl (C=O) groups is 1. The molecule has 82 valence electrons. The number of primary amides is 1. The molecule has 0 aliphatic rings. The molecule has 0 radical (unpaired) electrons. The van der Waals surface area contributed by atoms with Gasteiger partial charge in [-0.15, -0.1) is 0 Å². The van der Waals surface area contributed by atoms with Crippen molar-refractivity contribution in [2.24, 2.45) is 5.73 Å².